The lowest BCUT2D eigenvalue weighted by Crippen LogP contribution is -2.38. The number of nitrogens with zero attached hydrogens (tertiary/aromatic N) is 1. The van der Waals surface area contributed by atoms with E-state index in [9.17, 15) is 8.42 Å². The number of ether oxygens (including phenoxy) is 1. The van der Waals surface area contributed by atoms with Crippen molar-refractivity contribution < 1.29 is 13.2 Å². The van der Waals surface area contributed by atoms with E-state index in [2.05, 4.69) is 15.9 Å². The first-order chi connectivity index (χ1) is 9.25. The Balaban J connectivity index is 3.31. The molecule has 0 aliphatic rings. The van der Waals surface area contributed by atoms with Crippen LogP contribution in [0, 0.1) is 6.92 Å². The maximum absolute atomic E-state index is 12.7. The Morgan fingerprint density at radius 2 is 2.05 bits per heavy atom. The standard InChI is InChI=1S/C13H21BrN2O3S/c1-9(8-19-4)16(3)20(17,18)13-6-11(7-15)5-12(14)10(13)2/h5-6,9H,7-8,15H2,1-4H3. The van der Waals surface area contributed by atoms with Crippen molar-refractivity contribution in [2.75, 3.05) is 20.8 Å². The van der Waals surface area contributed by atoms with Crippen molar-refractivity contribution in [3.05, 3.63) is 27.7 Å². The van der Waals surface area contributed by atoms with Crippen LogP contribution in [0.15, 0.2) is 21.5 Å². The third-order valence-electron chi connectivity index (χ3n) is 3.28. The van der Waals surface area contributed by atoms with E-state index in [4.69, 9.17) is 10.5 Å². The number of methoxy groups -OCH3 is 1. The highest BCUT2D eigenvalue weighted by atomic mass is 79.9. The highest BCUT2D eigenvalue weighted by Crippen LogP contribution is 2.28. The highest BCUT2D eigenvalue weighted by molar-refractivity contribution is 9.10. The molecule has 1 unspecified atom stereocenters. The van der Waals surface area contributed by atoms with E-state index in [1.54, 1.807) is 34.1 Å². The van der Waals surface area contributed by atoms with Crippen LogP contribution in [0.2, 0.25) is 0 Å². The van der Waals surface area contributed by atoms with E-state index in [1.165, 1.54) is 4.31 Å². The maximum Gasteiger partial charge on any atom is 0.243 e. The molecule has 0 fully saturated rings. The highest BCUT2D eigenvalue weighted by Gasteiger charge is 2.27. The van der Waals surface area contributed by atoms with Crippen LogP contribution in [0.25, 0.3) is 0 Å². The predicted octanol–water partition coefficient (Wildman–Crippen LogP) is 1.87. The van der Waals surface area contributed by atoms with Gasteiger partial charge in [0.2, 0.25) is 10.0 Å². The molecular weight excluding hydrogens is 344 g/mol. The molecule has 0 saturated heterocycles. The molecule has 0 radical (unpaired) electrons. The average Bonchev–Trinajstić information content (AvgIpc) is 2.40. The topological polar surface area (TPSA) is 72.6 Å². The van der Waals surface area contributed by atoms with Gasteiger partial charge in [0, 0.05) is 31.2 Å². The van der Waals surface area contributed by atoms with Gasteiger partial charge in [0.1, 0.15) is 0 Å². The Labute approximate surface area is 129 Å². The lowest BCUT2D eigenvalue weighted by atomic mass is 10.1. The summed E-state index contributed by atoms with van der Waals surface area (Å²) >= 11 is 3.38. The number of benzene rings is 1. The van der Waals surface area contributed by atoms with Crippen molar-refractivity contribution in [3.63, 3.8) is 0 Å². The molecule has 1 rings (SSSR count). The Morgan fingerprint density at radius 1 is 1.45 bits per heavy atom. The molecule has 20 heavy (non-hydrogen) atoms. The zero-order chi connectivity index (χ0) is 15.5. The molecule has 0 aliphatic heterocycles. The number of rotatable bonds is 6. The van der Waals surface area contributed by atoms with E-state index in [0.717, 1.165) is 10.0 Å². The van der Waals surface area contributed by atoms with Crippen LogP contribution in [0.1, 0.15) is 18.1 Å². The van der Waals surface area contributed by atoms with Gasteiger partial charge in [0.05, 0.1) is 11.5 Å². The van der Waals surface area contributed by atoms with E-state index in [0.29, 0.717) is 18.7 Å². The Bertz CT molecular complexity index is 575. The number of hydrogen-bond acceptors (Lipinski definition) is 4. The molecule has 0 heterocycles. The number of sulfonamides is 1. The third kappa shape index (κ3) is 3.59. The van der Waals surface area contributed by atoms with Crippen LogP contribution in [0.3, 0.4) is 0 Å². The quantitative estimate of drug-likeness (QED) is 0.836. The molecule has 1 aromatic carbocycles. The van der Waals surface area contributed by atoms with Gasteiger partial charge in [-0.1, -0.05) is 15.9 Å². The molecule has 0 bridgehead atoms. The predicted molar refractivity (Wildman–Crippen MR) is 83.1 cm³/mol. The first kappa shape index (κ1) is 17.6. The first-order valence-corrected chi connectivity index (χ1v) is 8.45. The molecule has 2 N–H and O–H groups in total. The minimum Gasteiger partial charge on any atom is -0.383 e. The van der Waals surface area contributed by atoms with E-state index < -0.39 is 10.0 Å². The second-order valence-electron chi connectivity index (χ2n) is 4.73. The number of halogens is 1. The van der Waals surface area contributed by atoms with Crippen LogP contribution < -0.4 is 5.73 Å². The monoisotopic (exact) mass is 364 g/mol. The number of nitrogens with two attached hydrogens (primary N) is 1. The summed E-state index contributed by atoms with van der Waals surface area (Å²) in [6.07, 6.45) is 0. The Hall–Kier alpha value is -0.470. The summed E-state index contributed by atoms with van der Waals surface area (Å²) in [5.41, 5.74) is 7.07. The fraction of sp³-hybridized carbons (Fsp3) is 0.538. The second-order valence-corrected chi connectivity index (χ2v) is 7.55. The average molecular weight is 365 g/mol. The summed E-state index contributed by atoms with van der Waals surface area (Å²) in [6.45, 7) is 4.20. The Morgan fingerprint density at radius 3 is 2.55 bits per heavy atom. The second kappa shape index (κ2) is 7.00. The molecule has 1 aromatic rings. The van der Waals surface area contributed by atoms with Gasteiger partial charge in [-0.3, -0.25) is 0 Å². The van der Waals surface area contributed by atoms with Crippen molar-refractivity contribution in [2.45, 2.75) is 31.3 Å². The van der Waals surface area contributed by atoms with Gasteiger partial charge in [-0.2, -0.15) is 4.31 Å². The largest absolute Gasteiger partial charge is 0.383 e. The molecule has 0 aromatic heterocycles. The van der Waals surface area contributed by atoms with Crippen LogP contribution in [0.5, 0.6) is 0 Å². The number of hydrogen-bond donors (Lipinski definition) is 1. The van der Waals surface area contributed by atoms with Crippen molar-refractivity contribution in [2.24, 2.45) is 5.73 Å². The van der Waals surface area contributed by atoms with Crippen LogP contribution in [-0.4, -0.2) is 39.5 Å². The zero-order valence-corrected chi connectivity index (χ0v) is 14.6. The number of likely N-dealkylation sites (N-methyl/N-ethyl adjacent to an activating group) is 1. The van der Waals surface area contributed by atoms with Crippen molar-refractivity contribution in [1.29, 1.82) is 0 Å². The molecule has 114 valence electrons. The summed E-state index contributed by atoms with van der Waals surface area (Å²) in [4.78, 5) is 0.276. The smallest absolute Gasteiger partial charge is 0.243 e. The van der Waals surface area contributed by atoms with Crippen molar-refractivity contribution in [1.82, 2.24) is 4.31 Å². The lowest BCUT2D eigenvalue weighted by Gasteiger charge is -2.25. The fourth-order valence-corrected chi connectivity index (χ4v) is 4.11. The molecular formula is C13H21BrN2O3S. The molecule has 0 aliphatic carbocycles. The molecule has 0 saturated carbocycles. The van der Waals surface area contributed by atoms with Crippen LogP contribution in [-0.2, 0) is 21.3 Å². The zero-order valence-electron chi connectivity index (χ0n) is 12.2. The summed E-state index contributed by atoms with van der Waals surface area (Å²) < 4.78 is 32.5. The minimum atomic E-state index is -3.58. The summed E-state index contributed by atoms with van der Waals surface area (Å²) in [6, 6.07) is 3.22. The normalized spacial score (nSPS) is 13.8. The summed E-state index contributed by atoms with van der Waals surface area (Å²) in [7, 11) is -0.472. The van der Waals surface area contributed by atoms with Crippen LogP contribution in [0.4, 0.5) is 0 Å². The minimum absolute atomic E-state index is 0.246. The van der Waals surface area contributed by atoms with Crippen molar-refractivity contribution >= 4 is 26.0 Å². The first-order valence-electron chi connectivity index (χ1n) is 6.21. The van der Waals surface area contributed by atoms with E-state index in [1.807, 2.05) is 6.07 Å². The van der Waals surface area contributed by atoms with E-state index in [-0.39, 0.29) is 10.9 Å². The summed E-state index contributed by atoms with van der Waals surface area (Å²) in [5, 5.41) is 0. The molecule has 0 spiro atoms. The van der Waals surface area contributed by atoms with Gasteiger partial charge in [-0.25, -0.2) is 8.42 Å². The van der Waals surface area contributed by atoms with Gasteiger partial charge in [-0.15, -0.1) is 0 Å². The van der Waals surface area contributed by atoms with Gasteiger partial charge < -0.3 is 10.5 Å². The van der Waals surface area contributed by atoms with E-state index >= 15 is 0 Å². The third-order valence-corrected chi connectivity index (χ3v) is 6.20. The van der Waals surface area contributed by atoms with Gasteiger partial charge >= 0.3 is 0 Å². The molecule has 5 nitrogen and oxygen atoms in total. The van der Waals surface area contributed by atoms with Gasteiger partial charge in [0.25, 0.3) is 0 Å². The molecule has 1 atom stereocenters. The fourth-order valence-electron chi connectivity index (χ4n) is 1.83. The lowest BCUT2D eigenvalue weighted by molar-refractivity contribution is 0.149. The maximum atomic E-state index is 12.7. The molecule has 7 heteroatoms. The Kier molecular flexibility index (Phi) is 6.15. The molecule has 0 amide bonds. The van der Waals surface area contributed by atoms with Gasteiger partial charge in [0.15, 0.2) is 0 Å². The van der Waals surface area contributed by atoms with Crippen LogP contribution >= 0.6 is 15.9 Å². The van der Waals surface area contributed by atoms with Gasteiger partial charge in [-0.05, 0) is 37.1 Å². The van der Waals surface area contributed by atoms with Crippen molar-refractivity contribution in [3.8, 4) is 0 Å². The SMILES string of the molecule is COCC(C)N(C)S(=O)(=O)c1cc(CN)cc(Br)c1C. The summed E-state index contributed by atoms with van der Waals surface area (Å²) in [5.74, 6) is 0.